The Hall–Kier alpha value is -1.64. The summed E-state index contributed by atoms with van der Waals surface area (Å²) in [7, 11) is 0. The van der Waals surface area contributed by atoms with Crippen molar-refractivity contribution in [1.29, 1.82) is 0 Å². The summed E-state index contributed by atoms with van der Waals surface area (Å²) in [5.41, 5.74) is 8.56. The van der Waals surface area contributed by atoms with Crippen LogP contribution < -0.4 is 16.4 Å². The minimum Gasteiger partial charge on any atom is -0.374 e. The summed E-state index contributed by atoms with van der Waals surface area (Å²) in [6.07, 6.45) is 6.80. The first-order valence-corrected chi connectivity index (χ1v) is 11.3. The van der Waals surface area contributed by atoms with Crippen molar-refractivity contribution < 1.29 is 4.79 Å². The second-order valence-electron chi connectivity index (χ2n) is 7.26. The van der Waals surface area contributed by atoms with Crippen LogP contribution in [0.4, 0.5) is 5.13 Å². The Labute approximate surface area is 167 Å². The molecule has 2 atom stereocenters. The lowest BCUT2D eigenvalue weighted by molar-refractivity contribution is -0.120. The van der Waals surface area contributed by atoms with Crippen LogP contribution in [0.2, 0.25) is 0 Å². The van der Waals surface area contributed by atoms with E-state index in [4.69, 9.17) is 5.73 Å². The maximum Gasteiger partial charge on any atom is 0.230 e. The summed E-state index contributed by atoms with van der Waals surface area (Å²) >= 11 is 2.71. The third kappa shape index (κ3) is 4.80. The topological polar surface area (TPSA) is 92.9 Å². The van der Waals surface area contributed by atoms with Crippen molar-refractivity contribution in [3.63, 3.8) is 0 Å². The van der Waals surface area contributed by atoms with Crippen LogP contribution in [0.5, 0.6) is 0 Å². The molecule has 4 rings (SSSR count). The molecule has 1 fully saturated rings. The van der Waals surface area contributed by atoms with Gasteiger partial charge in [0.25, 0.3) is 0 Å². The van der Waals surface area contributed by atoms with E-state index in [0.29, 0.717) is 23.0 Å². The summed E-state index contributed by atoms with van der Waals surface area (Å²) in [6.45, 7) is 0. The van der Waals surface area contributed by atoms with E-state index >= 15 is 0 Å². The Morgan fingerprint density at radius 3 is 2.41 bits per heavy atom. The average Bonchev–Trinajstić information content (AvgIpc) is 2.97. The Morgan fingerprint density at radius 1 is 1.11 bits per heavy atom. The zero-order valence-electron chi connectivity index (χ0n) is 15.2. The second-order valence-corrected chi connectivity index (χ2v) is 9.49. The van der Waals surface area contributed by atoms with Crippen LogP contribution in [0, 0.1) is 0 Å². The molecule has 0 saturated heterocycles. The normalized spacial score (nSPS) is 22.5. The number of carbonyl (C=O) groups excluding carboxylic acids is 1. The maximum atomic E-state index is 12.2. The summed E-state index contributed by atoms with van der Waals surface area (Å²) in [5.74, 6) is 0.412. The molecule has 4 N–H and O–H groups in total. The van der Waals surface area contributed by atoms with Crippen molar-refractivity contribution in [3.05, 3.63) is 35.4 Å². The van der Waals surface area contributed by atoms with Crippen LogP contribution in [0.3, 0.4) is 0 Å². The molecular formula is C19H25N5OS2. The third-order valence-corrected chi connectivity index (χ3v) is 7.35. The number of amides is 1. The molecule has 144 valence electrons. The van der Waals surface area contributed by atoms with Gasteiger partial charge in [-0.1, -0.05) is 47.4 Å². The van der Waals surface area contributed by atoms with Crippen LogP contribution in [-0.2, 0) is 17.6 Å². The van der Waals surface area contributed by atoms with E-state index in [0.717, 1.165) is 30.0 Å². The number of thioether (sulfide) groups is 1. The van der Waals surface area contributed by atoms with Crippen LogP contribution in [0.25, 0.3) is 0 Å². The fourth-order valence-corrected chi connectivity index (χ4v) is 5.29. The monoisotopic (exact) mass is 403 g/mol. The SMILES string of the molecule is Nc1nnc(SCC(=O)N[C@H]2CC[C@H]2NC2CCc3ccccc3CC2)s1. The molecule has 0 radical (unpaired) electrons. The van der Waals surface area contributed by atoms with Crippen molar-refractivity contribution >= 4 is 34.1 Å². The largest absolute Gasteiger partial charge is 0.374 e. The van der Waals surface area contributed by atoms with Gasteiger partial charge in [0.15, 0.2) is 4.34 Å². The molecule has 0 spiro atoms. The number of nitrogen functional groups attached to an aromatic ring is 1. The zero-order valence-corrected chi connectivity index (χ0v) is 16.8. The fourth-order valence-electron chi connectivity index (χ4n) is 3.85. The highest BCUT2D eigenvalue weighted by Crippen LogP contribution is 2.26. The first-order chi connectivity index (χ1) is 13.2. The molecule has 1 saturated carbocycles. The van der Waals surface area contributed by atoms with E-state index in [1.54, 1.807) is 0 Å². The van der Waals surface area contributed by atoms with Gasteiger partial charge in [-0.15, -0.1) is 10.2 Å². The summed E-state index contributed by atoms with van der Waals surface area (Å²) < 4.78 is 0.740. The van der Waals surface area contributed by atoms with Crippen LogP contribution in [-0.4, -0.2) is 40.0 Å². The summed E-state index contributed by atoms with van der Waals surface area (Å²) in [4.78, 5) is 12.2. The third-order valence-electron chi connectivity index (χ3n) is 5.46. The number of fused-ring (bicyclic) bond motifs is 1. The molecule has 0 bridgehead atoms. The number of aryl methyl sites for hydroxylation is 2. The Morgan fingerprint density at radius 2 is 1.81 bits per heavy atom. The molecular weight excluding hydrogens is 378 g/mol. The number of nitrogens with zero attached hydrogens (tertiary/aromatic N) is 2. The first-order valence-electron chi connectivity index (χ1n) is 9.51. The Balaban J connectivity index is 1.22. The standard InChI is InChI=1S/C19H25N5OS2/c20-18-23-24-19(27-18)26-11-17(25)22-16-10-9-15(16)21-14-7-5-12-3-1-2-4-13(12)6-8-14/h1-4,14-16,21H,5-11H2,(H2,20,23)(H,22,25)/t15-,16+/m1/s1. The predicted octanol–water partition coefficient (Wildman–Crippen LogP) is 2.40. The molecule has 0 unspecified atom stereocenters. The van der Waals surface area contributed by atoms with Crippen molar-refractivity contribution in [2.75, 3.05) is 11.5 Å². The number of nitrogens with one attached hydrogen (secondary N) is 2. The van der Waals surface area contributed by atoms with Gasteiger partial charge in [-0.05, 0) is 49.7 Å². The van der Waals surface area contributed by atoms with E-state index in [1.807, 2.05) is 0 Å². The zero-order chi connectivity index (χ0) is 18.6. The van der Waals surface area contributed by atoms with Gasteiger partial charge in [-0.25, -0.2) is 0 Å². The molecule has 2 aliphatic rings. The van der Waals surface area contributed by atoms with Crippen molar-refractivity contribution in [2.45, 2.75) is 61.0 Å². The first kappa shape index (κ1) is 18.7. The quantitative estimate of drug-likeness (QED) is 0.507. The van der Waals surface area contributed by atoms with Gasteiger partial charge in [0.1, 0.15) is 0 Å². The highest BCUT2D eigenvalue weighted by molar-refractivity contribution is 8.01. The second kappa shape index (κ2) is 8.58. The van der Waals surface area contributed by atoms with Gasteiger partial charge in [-0.2, -0.15) is 0 Å². The molecule has 1 amide bonds. The van der Waals surface area contributed by atoms with E-state index in [2.05, 4.69) is 45.1 Å². The number of rotatable bonds is 6. The Bertz CT molecular complexity index is 769. The molecule has 0 aliphatic heterocycles. The number of hydrogen-bond donors (Lipinski definition) is 3. The van der Waals surface area contributed by atoms with Crippen molar-refractivity contribution in [2.24, 2.45) is 0 Å². The summed E-state index contributed by atoms with van der Waals surface area (Å²) in [6, 6.07) is 9.95. The van der Waals surface area contributed by atoms with E-state index in [-0.39, 0.29) is 11.9 Å². The number of anilines is 1. The van der Waals surface area contributed by atoms with E-state index in [1.165, 1.54) is 47.1 Å². The van der Waals surface area contributed by atoms with Crippen LogP contribution >= 0.6 is 23.1 Å². The van der Waals surface area contributed by atoms with Gasteiger partial charge in [0.2, 0.25) is 11.0 Å². The Kier molecular flexibility index (Phi) is 5.95. The fraction of sp³-hybridized carbons (Fsp3) is 0.526. The smallest absolute Gasteiger partial charge is 0.230 e. The van der Waals surface area contributed by atoms with Gasteiger partial charge >= 0.3 is 0 Å². The highest BCUT2D eigenvalue weighted by atomic mass is 32.2. The molecule has 1 heterocycles. The van der Waals surface area contributed by atoms with Crippen LogP contribution in [0.1, 0.15) is 36.8 Å². The number of aromatic nitrogens is 2. The number of hydrogen-bond acceptors (Lipinski definition) is 7. The average molecular weight is 404 g/mol. The van der Waals surface area contributed by atoms with E-state index in [9.17, 15) is 4.79 Å². The number of carbonyl (C=O) groups is 1. The van der Waals surface area contributed by atoms with Gasteiger partial charge in [0.05, 0.1) is 5.75 Å². The van der Waals surface area contributed by atoms with E-state index < -0.39 is 0 Å². The molecule has 2 aromatic rings. The van der Waals surface area contributed by atoms with Gasteiger partial charge < -0.3 is 16.4 Å². The molecule has 8 heteroatoms. The summed E-state index contributed by atoms with van der Waals surface area (Å²) in [5, 5.41) is 15.1. The van der Waals surface area contributed by atoms with Crippen LogP contribution in [0.15, 0.2) is 28.6 Å². The van der Waals surface area contributed by atoms with Gasteiger partial charge in [-0.3, -0.25) is 4.79 Å². The van der Waals surface area contributed by atoms with Crippen molar-refractivity contribution in [1.82, 2.24) is 20.8 Å². The number of benzene rings is 1. The molecule has 1 aromatic heterocycles. The molecule has 27 heavy (non-hydrogen) atoms. The highest BCUT2D eigenvalue weighted by Gasteiger charge is 2.33. The minimum absolute atomic E-state index is 0.0542. The number of nitrogens with two attached hydrogens (primary N) is 1. The molecule has 6 nitrogen and oxygen atoms in total. The lowest BCUT2D eigenvalue weighted by Crippen LogP contribution is -2.59. The van der Waals surface area contributed by atoms with Crippen molar-refractivity contribution in [3.8, 4) is 0 Å². The minimum atomic E-state index is 0.0542. The lowest BCUT2D eigenvalue weighted by Gasteiger charge is -2.40. The maximum absolute atomic E-state index is 12.2. The molecule has 2 aliphatic carbocycles. The lowest BCUT2D eigenvalue weighted by atomic mass is 9.85. The van der Waals surface area contributed by atoms with Gasteiger partial charge in [0, 0.05) is 18.1 Å². The predicted molar refractivity (Wildman–Crippen MR) is 110 cm³/mol. The molecule has 1 aromatic carbocycles.